The monoisotopic (exact) mass is 285 g/mol. The normalized spacial score (nSPS) is 11.4. The Balaban J connectivity index is 3.15. The summed E-state index contributed by atoms with van der Waals surface area (Å²) in [5.74, 6) is 0.861. The van der Waals surface area contributed by atoms with Crippen molar-refractivity contribution in [3.63, 3.8) is 0 Å². The van der Waals surface area contributed by atoms with Crippen molar-refractivity contribution in [2.45, 2.75) is 78.1 Å². The molecular formula is C16H31NOS. The van der Waals surface area contributed by atoms with Crippen molar-refractivity contribution in [3.05, 3.63) is 12.2 Å². The van der Waals surface area contributed by atoms with E-state index in [9.17, 15) is 4.21 Å². The third-order valence-electron chi connectivity index (χ3n) is 3.28. The summed E-state index contributed by atoms with van der Waals surface area (Å²) in [5.41, 5.74) is 5.39. The third kappa shape index (κ3) is 15.5. The van der Waals surface area contributed by atoms with E-state index >= 15 is 0 Å². The molecule has 0 aliphatic rings. The first-order valence-electron chi connectivity index (χ1n) is 7.75. The first-order valence-corrected chi connectivity index (χ1v) is 8.49. The molecule has 112 valence electrons. The van der Waals surface area contributed by atoms with E-state index in [0.717, 1.165) is 12.3 Å². The van der Waals surface area contributed by atoms with Crippen LogP contribution < -0.4 is 5.73 Å². The highest BCUT2D eigenvalue weighted by Crippen LogP contribution is 2.12. The Morgan fingerprint density at radius 2 is 1.53 bits per heavy atom. The van der Waals surface area contributed by atoms with E-state index in [1.54, 1.807) is 6.08 Å². The summed E-state index contributed by atoms with van der Waals surface area (Å²) >= 11 is 0.365. The Labute approximate surface area is 122 Å². The van der Waals surface area contributed by atoms with Crippen LogP contribution in [0.15, 0.2) is 12.2 Å². The predicted octanol–water partition coefficient (Wildman–Crippen LogP) is 4.40. The lowest BCUT2D eigenvalue weighted by atomic mass is 10.0. The quantitative estimate of drug-likeness (QED) is 0.328. The van der Waals surface area contributed by atoms with Gasteiger partial charge in [-0.25, -0.2) is 4.21 Å². The molecule has 0 saturated carbocycles. The lowest BCUT2D eigenvalue weighted by Crippen LogP contribution is -2.05. The molecule has 0 saturated heterocycles. The molecule has 0 spiro atoms. The minimum absolute atomic E-state index is 0.362. The van der Waals surface area contributed by atoms with Gasteiger partial charge in [0.2, 0.25) is 0 Å². The largest absolute Gasteiger partial charge is 0.291 e. The van der Waals surface area contributed by atoms with E-state index in [-0.39, 0.29) is 0 Å². The van der Waals surface area contributed by atoms with Gasteiger partial charge in [-0.15, -0.1) is 0 Å². The molecule has 0 unspecified atom stereocenters. The lowest BCUT2D eigenvalue weighted by Gasteiger charge is -2.04. The maximum absolute atomic E-state index is 10.3. The molecule has 0 radical (unpaired) electrons. The maximum Gasteiger partial charge on any atom is 0.108 e. The van der Waals surface area contributed by atoms with Gasteiger partial charge in [-0.05, 0) is 24.8 Å². The van der Waals surface area contributed by atoms with Gasteiger partial charge in [0, 0.05) is 0 Å². The zero-order valence-electron chi connectivity index (χ0n) is 12.7. The van der Waals surface area contributed by atoms with E-state index in [4.69, 9.17) is 5.73 Å². The zero-order chi connectivity index (χ0) is 14.3. The van der Waals surface area contributed by atoms with Crippen molar-refractivity contribution in [3.8, 4) is 0 Å². The first-order chi connectivity index (χ1) is 9.16. The van der Waals surface area contributed by atoms with Crippen LogP contribution in [0, 0.1) is 5.92 Å². The molecular weight excluding hydrogens is 254 g/mol. The van der Waals surface area contributed by atoms with Gasteiger partial charge < -0.3 is 0 Å². The second kappa shape index (κ2) is 14.0. The minimum atomic E-state index is 0.362. The summed E-state index contributed by atoms with van der Waals surface area (Å²) in [5, 5.41) is 0. The van der Waals surface area contributed by atoms with Gasteiger partial charge >= 0.3 is 0 Å². The van der Waals surface area contributed by atoms with E-state index in [1.807, 2.05) is 6.08 Å². The van der Waals surface area contributed by atoms with Crippen LogP contribution in [-0.4, -0.2) is 9.20 Å². The highest BCUT2D eigenvalue weighted by atomic mass is 32.1. The molecule has 0 aliphatic carbocycles. The van der Waals surface area contributed by atoms with E-state index < -0.39 is 0 Å². The number of allylic oxidation sites excluding steroid dienone is 1. The fourth-order valence-electron chi connectivity index (χ4n) is 2.10. The molecule has 0 aliphatic heterocycles. The predicted molar refractivity (Wildman–Crippen MR) is 87.5 cm³/mol. The molecule has 0 amide bonds. The van der Waals surface area contributed by atoms with Crippen LogP contribution in [0.25, 0.3) is 0 Å². The standard InChI is InChI=1S/C16H31NOS/c1-15(2)13-11-9-7-5-3-4-6-8-10-12-14-16(17)19-18/h12,14-15H,3-11,13,17H2,1-2H3. The van der Waals surface area contributed by atoms with Gasteiger partial charge in [-0.2, -0.15) is 0 Å². The zero-order valence-corrected chi connectivity index (χ0v) is 13.5. The molecule has 0 rings (SSSR count). The second-order valence-corrected chi connectivity index (χ2v) is 6.33. The van der Waals surface area contributed by atoms with Gasteiger partial charge in [0.1, 0.15) is 16.2 Å². The fraction of sp³-hybridized carbons (Fsp3) is 0.812. The Morgan fingerprint density at radius 3 is 2.05 bits per heavy atom. The number of hydrogen-bond acceptors (Lipinski definition) is 1. The van der Waals surface area contributed by atoms with E-state index in [1.165, 1.54) is 57.8 Å². The van der Waals surface area contributed by atoms with Crippen LogP contribution >= 0.6 is 0 Å². The first kappa shape index (κ1) is 18.6. The summed E-state index contributed by atoms with van der Waals surface area (Å²) in [6.45, 7) is 4.60. The average molecular weight is 285 g/mol. The molecule has 0 bridgehead atoms. The van der Waals surface area contributed by atoms with Gasteiger partial charge in [0.15, 0.2) is 0 Å². The Kier molecular flexibility index (Phi) is 13.7. The summed E-state index contributed by atoms with van der Waals surface area (Å²) < 4.78 is 10.3. The van der Waals surface area contributed by atoms with Crippen molar-refractivity contribution in [1.82, 2.24) is 0 Å². The second-order valence-electron chi connectivity index (χ2n) is 5.69. The summed E-state index contributed by atoms with van der Waals surface area (Å²) in [4.78, 5) is 0.362. The van der Waals surface area contributed by atoms with Gasteiger partial charge in [-0.1, -0.05) is 71.3 Å². The Morgan fingerprint density at radius 1 is 1.00 bits per heavy atom. The number of hydrogen-bond donors (Lipinski definition) is 1. The lowest BCUT2D eigenvalue weighted by molar-refractivity contribution is 0.507. The van der Waals surface area contributed by atoms with Gasteiger partial charge in [0.05, 0.1) is 0 Å². The summed E-state index contributed by atoms with van der Waals surface area (Å²) in [6, 6.07) is 0. The van der Waals surface area contributed by atoms with Crippen molar-refractivity contribution in [1.29, 1.82) is 0 Å². The van der Waals surface area contributed by atoms with Crippen LogP contribution in [0.4, 0.5) is 0 Å². The van der Waals surface area contributed by atoms with Crippen molar-refractivity contribution in [2.24, 2.45) is 11.7 Å². The molecule has 0 aromatic heterocycles. The smallest absolute Gasteiger partial charge is 0.108 e. The molecule has 2 nitrogen and oxygen atoms in total. The molecule has 19 heavy (non-hydrogen) atoms. The molecule has 0 heterocycles. The van der Waals surface area contributed by atoms with Crippen LogP contribution in [0.2, 0.25) is 0 Å². The topological polar surface area (TPSA) is 43.1 Å². The Hall–Kier alpha value is -0.410. The van der Waals surface area contributed by atoms with Crippen molar-refractivity contribution in [2.75, 3.05) is 0 Å². The molecule has 0 aromatic carbocycles. The summed E-state index contributed by atoms with van der Waals surface area (Å²) in [6.07, 6.45) is 17.0. The fourth-order valence-corrected chi connectivity index (χ4v) is 2.25. The van der Waals surface area contributed by atoms with Crippen LogP contribution in [0.5, 0.6) is 0 Å². The van der Waals surface area contributed by atoms with Crippen LogP contribution in [0.3, 0.4) is 0 Å². The number of rotatable bonds is 12. The van der Waals surface area contributed by atoms with E-state index in [0.29, 0.717) is 16.2 Å². The average Bonchev–Trinajstić information content (AvgIpc) is 2.39. The molecule has 0 fully saturated rings. The molecule has 0 aromatic rings. The number of unbranched alkanes of at least 4 members (excludes halogenated alkanes) is 8. The highest BCUT2D eigenvalue weighted by Gasteiger charge is 1.95. The van der Waals surface area contributed by atoms with Crippen molar-refractivity contribution >= 4 is 16.2 Å². The Bertz CT molecular complexity index is 280. The van der Waals surface area contributed by atoms with Crippen LogP contribution in [0.1, 0.15) is 78.1 Å². The molecule has 0 atom stereocenters. The van der Waals surface area contributed by atoms with E-state index in [2.05, 4.69) is 13.8 Å². The maximum atomic E-state index is 10.3. The van der Waals surface area contributed by atoms with Crippen LogP contribution in [-0.2, 0) is 11.3 Å². The minimum Gasteiger partial charge on any atom is -0.291 e. The highest BCUT2D eigenvalue weighted by molar-refractivity contribution is 7.66. The molecule has 3 heteroatoms. The van der Waals surface area contributed by atoms with Gasteiger partial charge in [-0.3, -0.25) is 5.73 Å². The summed E-state index contributed by atoms with van der Waals surface area (Å²) in [7, 11) is 0. The number of nitrogens with two attached hydrogens (primary N) is 1. The third-order valence-corrected chi connectivity index (χ3v) is 3.61. The van der Waals surface area contributed by atoms with Gasteiger partial charge in [0.25, 0.3) is 0 Å². The van der Waals surface area contributed by atoms with Crippen molar-refractivity contribution < 1.29 is 4.21 Å². The molecule has 2 N–H and O–H groups in total. The SMILES string of the molecule is CC(C)CCCCCCCCCCC=CC(N)=S=O.